The van der Waals surface area contributed by atoms with E-state index in [1.54, 1.807) is 0 Å². The second-order valence-electron chi connectivity index (χ2n) is 4.13. The van der Waals surface area contributed by atoms with Crippen molar-refractivity contribution in [2.45, 2.75) is 45.3 Å². The lowest BCUT2D eigenvalue weighted by Gasteiger charge is -2.19. The second kappa shape index (κ2) is 6.40. The van der Waals surface area contributed by atoms with Gasteiger partial charge in [-0.2, -0.15) is 13.2 Å². The molecular formula is C12H18F3NS. The Kier molecular flexibility index (Phi) is 5.46. The molecule has 0 amide bonds. The van der Waals surface area contributed by atoms with E-state index in [2.05, 4.69) is 5.32 Å². The third-order valence-corrected chi connectivity index (χ3v) is 3.71. The monoisotopic (exact) mass is 265 g/mol. The van der Waals surface area contributed by atoms with E-state index in [1.807, 2.05) is 25.3 Å². The van der Waals surface area contributed by atoms with Crippen molar-refractivity contribution in [2.75, 3.05) is 6.54 Å². The maximum absolute atomic E-state index is 12.3. The quantitative estimate of drug-likeness (QED) is 0.801. The van der Waals surface area contributed by atoms with Gasteiger partial charge in [0.05, 0.1) is 0 Å². The highest BCUT2D eigenvalue weighted by molar-refractivity contribution is 7.10. The van der Waals surface area contributed by atoms with Crippen LogP contribution in [0, 0.1) is 6.92 Å². The highest BCUT2D eigenvalue weighted by Crippen LogP contribution is 2.31. The molecular weight excluding hydrogens is 247 g/mol. The van der Waals surface area contributed by atoms with E-state index in [0.29, 0.717) is 0 Å². The van der Waals surface area contributed by atoms with Gasteiger partial charge in [-0.3, -0.25) is 0 Å². The molecule has 1 atom stereocenters. The van der Waals surface area contributed by atoms with Crippen LogP contribution in [0.2, 0.25) is 0 Å². The minimum atomic E-state index is -4.07. The average Bonchev–Trinajstić information content (AvgIpc) is 2.63. The number of aryl methyl sites for hydroxylation is 1. The van der Waals surface area contributed by atoms with Gasteiger partial charge >= 0.3 is 6.18 Å². The molecule has 0 spiro atoms. The van der Waals surface area contributed by atoms with Crippen molar-refractivity contribution in [3.05, 3.63) is 21.9 Å². The first-order chi connectivity index (χ1) is 7.94. The van der Waals surface area contributed by atoms with Crippen LogP contribution >= 0.6 is 11.3 Å². The second-order valence-corrected chi connectivity index (χ2v) is 5.08. The molecule has 0 aliphatic carbocycles. The van der Waals surface area contributed by atoms with Crippen molar-refractivity contribution in [1.29, 1.82) is 0 Å². The summed E-state index contributed by atoms with van der Waals surface area (Å²) in [6, 6.07) is 1.78. The first-order valence-electron chi connectivity index (χ1n) is 5.78. The van der Waals surface area contributed by atoms with Gasteiger partial charge in [-0.25, -0.2) is 0 Å². The number of hydrogen-bond acceptors (Lipinski definition) is 2. The van der Waals surface area contributed by atoms with Crippen LogP contribution in [0.1, 0.15) is 42.7 Å². The Morgan fingerprint density at radius 1 is 1.41 bits per heavy atom. The van der Waals surface area contributed by atoms with Crippen molar-refractivity contribution < 1.29 is 13.2 Å². The van der Waals surface area contributed by atoms with Gasteiger partial charge in [0.2, 0.25) is 0 Å². The summed E-state index contributed by atoms with van der Waals surface area (Å²) >= 11 is 1.53. The predicted molar refractivity (Wildman–Crippen MR) is 65.4 cm³/mol. The van der Waals surface area contributed by atoms with E-state index >= 15 is 0 Å². The normalized spacial score (nSPS) is 13.9. The van der Waals surface area contributed by atoms with E-state index < -0.39 is 12.6 Å². The summed E-state index contributed by atoms with van der Waals surface area (Å²) < 4.78 is 36.8. The molecule has 1 aromatic rings. The molecule has 1 unspecified atom stereocenters. The summed E-state index contributed by atoms with van der Waals surface area (Å²) in [5.41, 5.74) is 1.07. The molecule has 0 fully saturated rings. The molecule has 0 bridgehead atoms. The van der Waals surface area contributed by atoms with Gasteiger partial charge in [-0.05, 0) is 43.3 Å². The van der Waals surface area contributed by atoms with Crippen LogP contribution < -0.4 is 5.32 Å². The average molecular weight is 265 g/mol. The first kappa shape index (κ1) is 14.5. The van der Waals surface area contributed by atoms with Crippen molar-refractivity contribution in [2.24, 2.45) is 0 Å². The highest BCUT2D eigenvalue weighted by atomic mass is 32.1. The molecule has 0 aromatic carbocycles. The lowest BCUT2D eigenvalue weighted by molar-refractivity contribution is -0.136. The summed E-state index contributed by atoms with van der Waals surface area (Å²) in [5, 5.41) is 5.13. The van der Waals surface area contributed by atoms with E-state index in [4.69, 9.17) is 0 Å². The number of thiophene rings is 1. The summed E-state index contributed by atoms with van der Waals surface area (Å²) in [4.78, 5) is 1.03. The van der Waals surface area contributed by atoms with Crippen LogP contribution in [0.3, 0.4) is 0 Å². The van der Waals surface area contributed by atoms with Crippen LogP contribution in [0.25, 0.3) is 0 Å². The van der Waals surface area contributed by atoms with Gasteiger partial charge in [-0.15, -0.1) is 11.3 Å². The zero-order valence-electron chi connectivity index (χ0n) is 10.1. The Labute approximate surface area is 104 Å². The van der Waals surface area contributed by atoms with Crippen LogP contribution in [-0.2, 0) is 0 Å². The SMILES string of the molecule is CCCNC(CCC(F)(F)F)c1sccc1C. The van der Waals surface area contributed by atoms with Crippen LogP contribution in [-0.4, -0.2) is 12.7 Å². The van der Waals surface area contributed by atoms with Crippen LogP contribution in [0.4, 0.5) is 13.2 Å². The third-order valence-electron chi connectivity index (χ3n) is 2.58. The molecule has 1 nitrogen and oxygen atoms in total. The molecule has 1 aromatic heterocycles. The summed E-state index contributed by atoms with van der Waals surface area (Å²) in [5.74, 6) is 0. The Morgan fingerprint density at radius 2 is 2.12 bits per heavy atom. The van der Waals surface area contributed by atoms with Crippen LogP contribution in [0.5, 0.6) is 0 Å². The maximum Gasteiger partial charge on any atom is 0.389 e. The van der Waals surface area contributed by atoms with Crippen LogP contribution in [0.15, 0.2) is 11.4 Å². The zero-order chi connectivity index (χ0) is 12.9. The van der Waals surface area contributed by atoms with Gasteiger partial charge in [0.1, 0.15) is 0 Å². The Morgan fingerprint density at radius 3 is 2.59 bits per heavy atom. The molecule has 0 aliphatic heterocycles. The molecule has 0 saturated heterocycles. The van der Waals surface area contributed by atoms with E-state index in [9.17, 15) is 13.2 Å². The number of hydrogen-bond donors (Lipinski definition) is 1. The van der Waals surface area contributed by atoms with Gasteiger partial charge in [0.25, 0.3) is 0 Å². The topological polar surface area (TPSA) is 12.0 Å². The minimum absolute atomic E-state index is 0.116. The third kappa shape index (κ3) is 5.08. The fourth-order valence-corrected chi connectivity index (χ4v) is 2.73. The Bertz CT molecular complexity index is 333. The van der Waals surface area contributed by atoms with Crippen molar-refractivity contribution >= 4 is 11.3 Å². The molecule has 0 aliphatic rings. The molecule has 1 heterocycles. The molecule has 0 saturated carbocycles. The summed E-state index contributed by atoms with van der Waals surface area (Å²) in [7, 11) is 0. The van der Waals surface area contributed by atoms with Crippen molar-refractivity contribution in [3.63, 3.8) is 0 Å². The lowest BCUT2D eigenvalue weighted by atomic mass is 10.1. The molecule has 98 valence electrons. The Balaban J connectivity index is 2.64. The lowest BCUT2D eigenvalue weighted by Crippen LogP contribution is -2.23. The predicted octanol–water partition coefficient (Wildman–Crippen LogP) is 4.44. The number of halogens is 3. The molecule has 1 N–H and O–H groups in total. The van der Waals surface area contributed by atoms with E-state index in [-0.39, 0.29) is 12.5 Å². The van der Waals surface area contributed by atoms with E-state index in [0.717, 1.165) is 23.4 Å². The first-order valence-corrected chi connectivity index (χ1v) is 6.66. The van der Waals surface area contributed by atoms with Crippen molar-refractivity contribution in [3.8, 4) is 0 Å². The van der Waals surface area contributed by atoms with Gasteiger partial charge in [-0.1, -0.05) is 6.92 Å². The van der Waals surface area contributed by atoms with E-state index in [1.165, 1.54) is 11.3 Å². The number of rotatable bonds is 6. The van der Waals surface area contributed by atoms with Gasteiger partial charge < -0.3 is 5.32 Å². The number of nitrogens with one attached hydrogen (secondary N) is 1. The molecule has 0 radical (unpaired) electrons. The molecule has 17 heavy (non-hydrogen) atoms. The highest BCUT2D eigenvalue weighted by Gasteiger charge is 2.29. The maximum atomic E-state index is 12.3. The standard InChI is InChI=1S/C12H18F3NS/c1-3-7-16-10(4-6-12(13,14)15)11-9(2)5-8-17-11/h5,8,10,16H,3-4,6-7H2,1-2H3. The summed E-state index contributed by atoms with van der Waals surface area (Å²) in [6.45, 7) is 4.70. The number of alkyl halides is 3. The summed E-state index contributed by atoms with van der Waals surface area (Å²) in [6.07, 6.45) is -3.76. The zero-order valence-corrected chi connectivity index (χ0v) is 10.9. The minimum Gasteiger partial charge on any atom is -0.309 e. The molecule has 5 heteroatoms. The molecule has 1 rings (SSSR count). The van der Waals surface area contributed by atoms with Gasteiger partial charge in [0.15, 0.2) is 0 Å². The van der Waals surface area contributed by atoms with Gasteiger partial charge in [0, 0.05) is 17.3 Å². The smallest absolute Gasteiger partial charge is 0.309 e. The van der Waals surface area contributed by atoms with Crippen molar-refractivity contribution in [1.82, 2.24) is 5.32 Å². The largest absolute Gasteiger partial charge is 0.389 e. The fraction of sp³-hybridized carbons (Fsp3) is 0.667. The fourth-order valence-electron chi connectivity index (χ4n) is 1.69. The Hall–Kier alpha value is -0.550.